The summed E-state index contributed by atoms with van der Waals surface area (Å²) in [5.41, 5.74) is -1.81. The largest absolute Gasteiger partial charge is 0.509 e. The van der Waals surface area contributed by atoms with Crippen LogP contribution in [0.3, 0.4) is 0 Å². The van der Waals surface area contributed by atoms with Crippen molar-refractivity contribution in [2.75, 3.05) is 0 Å². The molecule has 0 N–H and O–H groups in total. The molecule has 0 bridgehead atoms. The lowest BCUT2D eigenvalue weighted by Crippen LogP contribution is -2.40. The normalized spacial score (nSPS) is 16.2. The van der Waals surface area contributed by atoms with Crippen LogP contribution >= 0.6 is 0 Å². The third kappa shape index (κ3) is 9.31. The van der Waals surface area contributed by atoms with Gasteiger partial charge in [0.15, 0.2) is 6.10 Å². The van der Waals surface area contributed by atoms with E-state index in [1.807, 2.05) is 0 Å². The van der Waals surface area contributed by atoms with Gasteiger partial charge in [0.2, 0.25) is 6.10 Å². The van der Waals surface area contributed by atoms with E-state index in [0.717, 1.165) is 0 Å². The van der Waals surface area contributed by atoms with Gasteiger partial charge in [-0.1, -0.05) is 0 Å². The fourth-order valence-electron chi connectivity index (χ4n) is 2.19. The molecule has 0 aromatic carbocycles. The van der Waals surface area contributed by atoms with Gasteiger partial charge in [-0.2, -0.15) is 0 Å². The molecule has 0 spiro atoms. The molecular formula is C20H29NO11. The summed E-state index contributed by atoms with van der Waals surface area (Å²) < 4.78 is 19.9. The molecule has 1 aliphatic rings. The summed E-state index contributed by atoms with van der Waals surface area (Å²) in [4.78, 5) is 76.6. The Morgan fingerprint density at radius 1 is 0.844 bits per heavy atom. The molecule has 12 heteroatoms. The van der Waals surface area contributed by atoms with Crippen molar-refractivity contribution in [2.45, 2.75) is 91.1 Å². The minimum absolute atomic E-state index is 0.126. The fourth-order valence-corrected chi connectivity index (χ4v) is 2.19. The zero-order chi connectivity index (χ0) is 24.9. The van der Waals surface area contributed by atoms with Crippen LogP contribution in [0, 0.1) is 0 Å². The Morgan fingerprint density at radius 2 is 1.34 bits per heavy atom. The molecule has 180 valence electrons. The van der Waals surface area contributed by atoms with Crippen LogP contribution in [-0.2, 0) is 47.8 Å². The third-order valence-corrected chi connectivity index (χ3v) is 3.47. The van der Waals surface area contributed by atoms with E-state index in [-0.39, 0.29) is 17.9 Å². The van der Waals surface area contributed by atoms with Gasteiger partial charge in [0.1, 0.15) is 11.2 Å². The first-order valence-corrected chi connectivity index (χ1v) is 9.88. The molecule has 1 fully saturated rings. The monoisotopic (exact) mass is 459 g/mol. The van der Waals surface area contributed by atoms with E-state index in [1.165, 1.54) is 6.92 Å². The van der Waals surface area contributed by atoms with Crippen molar-refractivity contribution in [1.82, 2.24) is 5.06 Å². The number of hydrogen-bond acceptors (Lipinski definition) is 11. The fraction of sp³-hybridized carbons (Fsp3) is 0.700. The van der Waals surface area contributed by atoms with Gasteiger partial charge in [-0.25, -0.2) is 19.2 Å². The molecule has 0 radical (unpaired) electrons. The first-order chi connectivity index (χ1) is 14.5. The van der Waals surface area contributed by atoms with Crippen LogP contribution in [0.4, 0.5) is 4.79 Å². The number of amides is 2. The Morgan fingerprint density at radius 3 is 1.81 bits per heavy atom. The molecule has 2 atom stereocenters. The van der Waals surface area contributed by atoms with E-state index in [0.29, 0.717) is 0 Å². The van der Waals surface area contributed by atoms with Crippen molar-refractivity contribution < 1.29 is 52.6 Å². The summed E-state index contributed by atoms with van der Waals surface area (Å²) in [6.07, 6.45) is -5.71. The van der Waals surface area contributed by atoms with Crippen LogP contribution in [-0.4, -0.2) is 64.4 Å². The van der Waals surface area contributed by atoms with Crippen LogP contribution < -0.4 is 0 Å². The Balaban J connectivity index is 2.88. The first kappa shape index (κ1) is 26.9. The van der Waals surface area contributed by atoms with E-state index in [1.54, 1.807) is 41.5 Å². The second-order valence-corrected chi connectivity index (χ2v) is 8.93. The van der Waals surface area contributed by atoms with Crippen LogP contribution in [0.1, 0.15) is 67.7 Å². The van der Waals surface area contributed by atoms with Crippen molar-refractivity contribution in [3.05, 3.63) is 0 Å². The molecule has 1 heterocycles. The Hall–Kier alpha value is -3.18. The number of esters is 2. The van der Waals surface area contributed by atoms with E-state index in [4.69, 9.17) is 18.9 Å². The number of carbonyl (C=O) groups is 6. The topological polar surface area (TPSA) is 152 Å². The molecule has 0 aliphatic carbocycles. The average molecular weight is 459 g/mol. The maximum absolute atomic E-state index is 12.5. The predicted octanol–water partition coefficient (Wildman–Crippen LogP) is 1.58. The Labute approximate surface area is 185 Å². The second kappa shape index (κ2) is 10.4. The zero-order valence-corrected chi connectivity index (χ0v) is 19.2. The van der Waals surface area contributed by atoms with Gasteiger partial charge in [-0.15, -0.1) is 5.06 Å². The summed E-state index contributed by atoms with van der Waals surface area (Å²) >= 11 is 0. The van der Waals surface area contributed by atoms with Gasteiger partial charge in [-0.3, -0.25) is 9.59 Å². The number of hydroxylamine groups is 2. The number of rotatable bonds is 7. The maximum atomic E-state index is 12.5. The van der Waals surface area contributed by atoms with E-state index >= 15 is 0 Å². The van der Waals surface area contributed by atoms with E-state index in [2.05, 4.69) is 4.84 Å². The van der Waals surface area contributed by atoms with Crippen LogP contribution in [0.5, 0.6) is 0 Å². The SMILES string of the molecule is C[C@H](OC(=O)C(CC(=O)ON1C(=O)CCC1=O)OC(=O)OC(C)(C)C)C(=O)OC(C)(C)C. The summed E-state index contributed by atoms with van der Waals surface area (Å²) in [6, 6.07) is 0. The molecular weight excluding hydrogens is 430 g/mol. The van der Waals surface area contributed by atoms with Gasteiger partial charge in [0.25, 0.3) is 11.8 Å². The molecule has 1 saturated heterocycles. The van der Waals surface area contributed by atoms with Gasteiger partial charge in [-0.05, 0) is 48.5 Å². The molecule has 32 heavy (non-hydrogen) atoms. The predicted molar refractivity (Wildman–Crippen MR) is 104 cm³/mol. The molecule has 0 aromatic heterocycles. The molecule has 12 nitrogen and oxygen atoms in total. The highest BCUT2D eigenvalue weighted by Gasteiger charge is 2.37. The van der Waals surface area contributed by atoms with Gasteiger partial charge < -0.3 is 23.8 Å². The lowest BCUT2D eigenvalue weighted by atomic mass is 10.2. The number of carbonyl (C=O) groups excluding carboxylic acids is 6. The Bertz CT molecular complexity index is 759. The standard InChI is InChI=1S/C20H29NO11/c1-11(16(25)30-19(2,3)4)28-17(26)12(29-18(27)31-20(5,6)7)10-15(24)32-21-13(22)8-9-14(21)23/h11-12H,8-10H2,1-7H3/t11-,12?/m0/s1. The highest BCUT2D eigenvalue weighted by molar-refractivity contribution is 6.01. The van der Waals surface area contributed by atoms with Gasteiger partial charge >= 0.3 is 24.1 Å². The molecule has 1 unspecified atom stereocenters. The van der Waals surface area contributed by atoms with Crippen molar-refractivity contribution in [3.63, 3.8) is 0 Å². The summed E-state index contributed by atoms with van der Waals surface area (Å²) in [5.74, 6) is -4.80. The number of hydrogen-bond donors (Lipinski definition) is 0. The van der Waals surface area contributed by atoms with Crippen LogP contribution in [0.2, 0.25) is 0 Å². The molecule has 2 amide bonds. The van der Waals surface area contributed by atoms with Gasteiger partial charge in [0.05, 0.1) is 6.42 Å². The first-order valence-electron chi connectivity index (χ1n) is 9.88. The second-order valence-electron chi connectivity index (χ2n) is 8.93. The Kier molecular flexibility index (Phi) is 8.75. The highest BCUT2D eigenvalue weighted by Crippen LogP contribution is 2.17. The molecule has 0 aromatic rings. The number of nitrogens with zero attached hydrogens (tertiary/aromatic N) is 1. The van der Waals surface area contributed by atoms with Crippen molar-refractivity contribution in [2.24, 2.45) is 0 Å². The highest BCUT2D eigenvalue weighted by atomic mass is 16.8. The quantitative estimate of drug-likeness (QED) is 0.310. The third-order valence-electron chi connectivity index (χ3n) is 3.47. The van der Waals surface area contributed by atoms with Crippen LogP contribution in [0.15, 0.2) is 0 Å². The zero-order valence-electron chi connectivity index (χ0n) is 19.2. The minimum atomic E-state index is -1.88. The van der Waals surface area contributed by atoms with Gasteiger partial charge in [0, 0.05) is 12.8 Å². The van der Waals surface area contributed by atoms with Crippen molar-refractivity contribution >= 4 is 35.9 Å². The lowest BCUT2D eigenvalue weighted by Gasteiger charge is -2.24. The molecule has 1 aliphatic heterocycles. The average Bonchev–Trinajstić information content (AvgIpc) is 2.89. The summed E-state index contributed by atoms with van der Waals surface area (Å²) in [6.45, 7) is 10.7. The van der Waals surface area contributed by atoms with Crippen molar-refractivity contribution in [1.29, 1.82) is 0 Å². The van der Waals surface area contributed by atoms with E-state index in [9.17, 15) is 28.8 Å². The molecule has 0 saturated carbocycles. The number of imide groups is 1. The summed E-state index contributed by atoms with van der Waals surface area (Å²) in [5, 5.41) is 0.279. The van der Waals surface area contributed by atoms with E-state index < -0.39 is 65.7 Å². The lowest BCUT2D eigenvalue weighted by molar-refractivity contribution is -0.200. The maximum Gasteiger partial charge on any atom is 0.509 e. The number of ether oxygens (including phenoxy) is 4. The minimum Gasteiger partial charge on any atom is -0.457 e. The molecule has 1 rings (SSSR count). The summed E-state index contributed by atoms with van der Waals surface area (Å²) in [7, 11) is 0. The smallest absolute Gasteiger partial charge is 0.457 e. The van der Waals surface area contributed by atoms with Crippen molar-refractivity contribution in [3.8, 4) is 0 Å². The van der Waals surface area contributed by atoms with Crippen LogP contribution in [0.25, 0.3) is 0 Å².